The molecule has 0 saturated carbocycles. The van der Waals surface area contributed by atoms with Crippen molar-refractivity contribution < 1.29 is 22.0 Å². The SMILES string of the molecule is Fc1c(F)c(F)c(-c2cccc(-c3ccc(-n4c5ccc(N(c6ccccc6)c6ccccc6)cc5c5cc(N(c6ccccc6)c6ccccc6)ccc54)cc3)c2)c(F)c1F. The van der Waals surface area contributed by atoms with E-state index in [9.17, 15) is 22.0 Å². The minimum Gasteiger partial charge on any atom is -0.310 e. The van der Waals surface area contributed by atoms with E-state index in [0.717, 1.165) is 61.6 Å². The maximum absolute atomic E-state index is 14.8. The van der Waals surface area contributed by atoms with Gasteiger partial charge in [-0.15, -0.1) is 0 Å². The molecule has 0 spiro atoms. The molecule has 0 N–H and O–H groups in total. The van der Waals surface area contributed by atoms with E-state index in [1.807, 2.05) is 97.1 Å². The number of halogens is 5. The van der Waals surface area contributed by atoms with Crippen LogP contribution in [0.15, 0.2) is 206 Å². The predicted molar refractivity (Wildman–Crippen MR) is 241 cm³/mol. The number of aromatic nitrogens is 1. The lowest BCUT2D eigenvalue weighted by molar-refractivity contribution is 0.381. The molecule has 0 aliphatic heterocycles. The van der Waals surface area contributed by atoms with Crippen molar-refractivity contribution in [3.05, 3.63) is 235 Å². The molecule has 1 heterocycles. The number of benzene rings is 9. The van der Waals surface area contributed by atoms with Crippen molar-refractivity contribution in [2.45, 2.75) is 0 Å². The van der Waals surface area contributed by atoms with Crippen molar-refractivity contribution in [1.82, 2.24) is 4.57 Å². The van der Waals surface area contributed by atoms with Gasteiger partial charge in [0.2, 0.25) is 5.82 Å². The van der Waals surface area contributed by atoms with E-state index in [1.54, 1.807) is 6.07 Å². The van der Waals surface area contributed by atoms with E-state index in [0.29, 0.717) is 11.1 Å². The zero-order valence-corrected chi connectivity index (χ0v) is 32.9. The molecule has 8 heteroatoms. The summed E-state index contributed by atoms with van der Waals surface area (Å²) in [5, 5.41) is 2.05. The molecule has 10 rings (SSSR count). The summed E-state index contributed by atoms with van der Waals surface area (Å²) < 4.78 is 74.1. The smallest absolute Gasteiger partial charge is 0.200 e. The van der Waals surface area contributed by atoms with Gasteiger partial charge in [-0.2, -0.15) is 0 Å². The van der Waals surface area contributed by atoms with E-state index in [2.05, 4.69) is 99.3 Å². The van der Waals surface area contributed by atoms with Gasteiger partial charge in [-0.3, -0.25) is 0 Å². The van der Waals surface area contributed by atoms with Gasteiger partial charge in [-0.25, -0.2) is 22.0 Å². The molecule has 0 atom stereocenters. The standard InChI is InChI=1S/C54H34F5N3/c55-50-49(51(56)53(58)54(59)52(50)57)37-15-13-14-36(32-37)35-24-26-42(27-25-35)62-47-30-28-43(60(38-16-5-1-6-17-38)39-18-7-2-8-19-39)33-45(47)46-34-44(29-31-48(46)62)61(40-20-9-3-10-21-40)41-22-11-4-12-23-41/h1-34H. The third kappa shape index (κ3) is 6.72. The van der Waals surface area contributed by atoms with Gasteiger partial charge in [0, 0.05) is 50.6 Å². The van der Waals surface area contributed by atoms with Gasteiger partial charge in [-0.05, 0) is 120 Å². The Labute approximate surface area is 354 Å². The maximum Gasteiger partial charge on any atom is 0.200 e. The highest BCUT2D eigenvalue weighted by Gasteiger charge is 2.27. The summed E-state index contributed by atoms with van der Waals surface area (Å²) >= 11 is 0. The van der Waals surface area contributed by atoms with Gasteiger partial charge in [0.25, 0.3) is 0 Å². The summed E-state index contributed by atoms with van der Waals surface area (Å²) in [7, 11) is 0. The van der Waals surface area contributed by atoms with Crippen molar-refractivity contribution in [2.24, 2.45) is 0 Å². The first-order valence-electron chi connectivity index (χ1n) is 20.0. The van der Waals surface area contributed by atoms with Crippen molar-refractivity contribution in [1.29, 1.82) is 0 Å². The van der Waals surface area contributed by atoms with E-state index >= 15 is 0 Å². The summed E-state index contributed by atoms with van der Waals surface area (Å²) in [5.74, 6) is -9.92. The lowest BCUT2D eigenvalue weighted by Gasteiger charge is -2.26. The molecule has 0 unspecified atom stereocenters. The molecular weight excluding hydrogens is 786 g/mol. The van der Waals surface area contributed by atoms with Gasteiger partial charge < -0.3 is 14.4 Å². The third-order valence-corrected chi connectivity index (χ3v) is 11.1. The van der Waals surface area contributed by atoms with Crippen LogP contribution < -0.4 is 9.80 Å². The van der Waals surface area contributed by atoms with Crippen molar-refractivity contribution >= 4 is 55.9 Å². The van der Waals surface area contributed by atoms with Gasteiger partial charge in [-0.1, -0.05) is 103 Å². The molecule has 1 aromatic heterocycles. The van der Waals surface area contributed by atoms with E-state index in [-0.39, 0.29) is 5.56 Å². The first-order chi connectivity index (χ1) is 30.4. The minimum absolute atomic E-state index is 0.131. The number of rotatable bonds is 9. The van der Waals surface area contributed by atoms with Crippen LogP contribution in [0.1, 0.15) is 0 Å². The van der Waals surface area contributed by atoms with Crippen LogP contribution in [-0.2, 0) is 0 Å². The summed E-state index contributed by atoms with van der Waals surface area (Å²) in [6.45, 7) is 0. The number of anilines is 6. The Balaban J connectivity index is 1.14. The monoisotopic (exact) mass is 819 g/mol. The Morgan fingerprint density at radius 1 is 0.290 bits per heavy atom. The molecule has 0 bridgehead atoms. The number of para-hydroxylation sites is 4. The van der Waals surface area contributed by atoms with E-state index in [1.165, 1.54) is 18.2 Å². The molecule has 62 heavy (non-hydrogen) atoms. The molecule has 0 fully saturated rings. The molecule has 10 aromatic rings. The summed E-state index contributed by atoms with van der Waals surface area (Å²) in [5.41, 5.74) is 8.93. The van der Waals surface area contributed by atoms with Gasteiger partial charge in [0.15, 0.2) is 23.3 Å². The highest BCUT2D eigenvalue weighted by Crippen LogP contribution is 2.43. The van der Waals surface area contributed by atoms with E-state index < -0.39 is 34.6 Å². The molecule has 9 aromatic carbocycles. The summed E-state index contributed by atoms with van der Waals surface area (Å²) in [6.07, 6.45) is 0. The minimum atomic E-state index is -2.19. The lowest BCUT2D eigenvalue weighted by atomic mass is 9.98. The fourth-order valence-electron chi connectivity index (χ4n) is 8.27. The Hall–Kier alpha value is -7.97. The Bertz CT molecular complexity index is 2980. The highest BCUT2D eigenvalue weighted by atomic mass is 19.2. The summed E-state index contributed by atoms with van der Waals surface area (Å²) in [6, 6.07) is 67.7. The van der Waals surface area contributed by atoms with E-state index in [4.69, 9.17) is 0 Å². The fourth-order valence-corrected chi connectivity index (χ4v) is 8.27. The second-order valence-corrected chi connectivity index (χ2v) is 14.8. The molecule has 3 nitrogen and oxygen atoms in total. The van der Waals surface area contributed by atoms with Crippen LogP contribution >= 0.6 is 0 Å². The quantitative estimate of drug-likeness (QED) is 0.0816. The second kappa shape index (κ2) is 15.9. The molecular formula is C54H34F5N3. The average molecular weight is 820 g/mol. The number of hydrogen-bond acceptors (Lipinski definition) is 2. The molecule has 0 amide bonds. The summed E-state index contributed by atoms with van der Waals surface area (Å²) in [4.78, 5) is 4.48. The zero-order valence-electron chi connectivity index (χ0n) is 32.9. The van der Waals surface area contributed by atoms with Gasteiger partial charge in [0.05, 0.1) is 16.6 Å². The predicted octanol–water partition coefficient (Wildman–Crippen LogP) is 15.8. The van der Waals surface area contributed by atoms with Crippen molar-refractivity contribution in [2.75, 3.05) is 9.80 Å². The molecule has 0 saturated heterocycles. The van der Waals surface area contributed by atoms with Crippen molar-refractivity contribution in [3.63, 3.8) is 0 Å². The number of nitrogens with zero attached hydrogens (tertiary/aromatic N) is 3. The Kier molecular flexibility index (Phi) is 9.81. The average Bonchev–Trinajstić information content (AvgIpc) is 3.65. The molecule has 300 valence electrons. The Morgan fingerprint density at radius 2 is 0.677 bits per heavy atom. The van der Waals surface area contributed by atoms with Crippen LogP contribution in [0.5, 0.6) is 0 Å². The fraction of sp³-hybridized carbons (Fsp3) is 0. The Morgan fingerprint density at radius 3 is 1.10 bits per heavy atom. The van der Waals surface area contributed by atoms with Gasteiger partial charge >= 0.3 is 0 Å². The van der Waals surface area contributed by atoms with Crippen LogP contribution in [0.2, 0.25) is 0 Å². The maximum atomic E-state index is 14.8. The third-order valence-electron chi connectivity index (χ3n) is 11.1. The lowest BCUT2D eigenvalue weighted by Crippen LogP contribution is -2.09. The first-order valence-corrected chi connectivity index (χ1v) is 20.0. The topological polar surface area (TPSA) is 11.4 Å². The van der Waals surface area contributed by atoms with Crippen LogP contribution in [0.25, 0.3) is 49.7 Å². The number of fused-ring (bicyclic) bond motifs is 3. The van der Waals surface area contributed by atoms with Crippen LogP contribution in [0, 0.1) is 29.1 Å². The molecule has 0 aliphatic rings. The normalized spacial score (nSPS) is 11.3. The van der Waals surface area contributed by atoms with Crippen LogP contribution in [0.4, 0.5) is 56.1 Å². The molecule has 0 aliphatic carbocycles. The second-order valence-electron chi connectivity index (χ2n) is 14.8. The molecule has 0 radical (unpaired) electrons. The highest BCUT2D eigenvalue weighted by molar-refractivity contribution is 6.12. The van der Waals surface area contributed by atoms with Crippen LogP contribution in [0.3, 0.4) is 0 Å². The number of hydrogen-bond donors (Lipinski definition) is 0. The largest absolute Gasteiger partial charge is 0.310 e. The van der Waals surface area contributed by atoms with Crippen molar-refractivity contribution in [3.8, 4) is 27.9 Å². The van der Waals surface area contributed by atoms with Gasteiger partial charge in [0.1, 0.15) is 0 Å². The first kappa shape index (κ1) is 38.2. The van der Waals surface area contributed by atoms with Crippen LogP contribution in [-0.4, -0.2) is 4.57 Å². The zero-order chi connectivity index (χ0) is 42.3.